The number of benzene rings is 5. The van der Waals surface area contributed by atoms with Crippen LogP contribution in [-0.2, 0) is 40.5 Å². The standard InChI is InChI=1S/C38H38O6/c39-33-34(42-24-27-12-4-1-5-13-27)36(40)38(41,23-30-20-21-31-18-10-11-19-32(31)22-30)37(44-26-29-16-8-3-9-17-29)35(33)43-25-28-14-6-2-7-15-28/h1-22,33-37,39-41H,23-26H2/t33-,34-,35-,36+,37-,38-/m0/s1. The molecule has 226 valence electrons. The van der Waals surface area contributed by atoms with Crippen LogP contribution < -0.4 is 0 Å². The number of hydrogen-bond donors (Lipinski definition) is 3. The molecule has 0 aromatic heterocycles. The molecule has 0 amide bonds. The van der Waals surface area contributed by atoms with Crippen molar-refractivity contribution < 1.29 is 29.5 Å². The van der Waals surface area contributed by atoms with Crippen LogP contribution in [0, 0.1) is 0 Å². The molecule has 3 N–H and O–H groups in total. The SMILES string of the molecule is O[C@H]1[C@H](OCc2ccccc2)[C@@H](O)[C@@](O)(Cc2ccc3ccccc3c2)[C@@H](OCc2ccccc2)[C@H]1OCc1ccccc1. The predicted molar refractivity (Wildman–Crippen MR) is 170 cm³/mol. The minimum atomic E-state index is -1.86. The van der Waals surface area contributed by atoms with Crippen LogP contribution in [0.3, 0.4) is 0 Å². The van der Waals surface area contributed by atoms with Crippen molar-refractivity contribution >= 4 is 10.8 Å². The number of fused-ring (bicyclic) bond motifs is 1. The van der Waals surface area contributed by atoms with Gasteiger partial charge in [-0.05, 0) is 33.0 Å². The van der Waals surface area contributed by atoms with Crippen molar-refractivity contribution in [2.24, 2.45) is 0 Å². The summed E-state index contributed by atoms with van der Waals surface area (Å²) in [6.07, 6.45) is -5.94. The van der Waals surface area contributed by atoms with Crippen molar-refractivity contribution in [1.29, 1.82) is 0 Å². The molecule has 6 atom stereocenters. The molecule has 0 spiro atoms. The fourth-order valence-corrected chi connectivity index (χ4v) is 6.08. The largest absolute Gasteiger partial charge is 0.387 e. The molecule has 0 radical (unpaired) electrons. The molecule has 0 unspecified atom stereocenters. The zero-order chi connectivity index (χ0) is 30.4. The first-order valence-electron chi connectivity index (χ1n) is 15.0. The Bertz CT molecular complexity index is 1610. The Morgan fingerprint density at radius 2 is 0.977 bits per heavy atom. The van der Waals surface area contributed by atoms with Gasteiger partial charge in [-0.3, -0.25) is 0 Å². The second-order valence-corrected chi connectivity index (χ2v) is 11.5. The van der Waals surface area contributed by atoms with Crippen molar-refractivity contribution in [2.75, 3.05) is 0 Å². The molecule has 0 bridgehead atoms. The molecule has 5 aromatic carbocycles. The molecule has 44 heavy (non-hydrogen) atoms. The summed E-state index contributed by atoms with van der Waals surface area (Å²) < 4.78 is 19.0. The lowest BCUT2D eigenvalue weighted by molar-refractivity contribution is -0.299. The Kier molecular flexibility index (Phi) is 9.48. The lowest BCUT2D eigenvalue weighted by Gasteiger charge is -2.52. The molecule has 6 rings (SSSR count). The van der Waals surface area contributed by atoms with Gasteiger partial charge < -0.3 is 29.5 Å². The van der Waals surface area contributed by atoms with Gasteiger partial charge >= 0.3 is 0 Å². The van der Waals surface area contributed by atoms with Gasteiger partial charge in [-0.15, -0.1) is 0 Å². The van der Waals surface area contributed by atoms with Gasteiger partial charge in [0.05, 0.1) is 19.8 Å². The van der Waals surface area contributed by atoms with Crippen molar-refractivity contribution in [3.05, 3.63) is 156 Å². The number of hydrogen-bond acceptors (Lipinski definition) is 6. The molecule has 6 heteroatoms. The summed E-state index contributed by atoms with van der Waals surface area (Å²) in [5, 5.41) is 38.4. The van der Waals surface area contributed by atoms with Crippen molar-refractivity contribution in [3.63, 3.8) is 0 Å². The van der Waals surface area contributed by atoms with Crippen molar-refractivity contribution in [3.8, 4) is 0 Å². The van der Waals surface area contributed by atoms with E-state index in [0.29, 0.717) is 0 Å². The van der Waals surface area contributed by atoms with Gasteiger partial charge in [-0.1, -0.05) is 133 Å². The average molecular weight is 591 g/mol. The molecule has 0 heterocycles. The van der Waals surface area contributed by atoms with Gasteiger partial charge in [0.1, 0.15) is 36.1 Å². The summed E-state index contributed by atoms with van der Waals surface area (Å²) in [6.45, 7) is 0.486. The third kappa shape index (κ3) is 6.76. The van der Waals surface area contributed by atoms with Crippen LogP contribution in [0.25, 0.3) is 10.8 Å². The number of ether oxygens (including phenoxy) is 3. The fourth-order valence-electron chi connectivity index (χ4n) is 6.08. The van der Waals surface area contributed by atoms with E-state index < -0.39 is 36.1 Å². The lowest BCUT2D eigenvalue weighted by Crippen LogP contribution is -2.73. The Labute approximate surface area is 258 Å². The zero-order valence-corrected chi connectivity index (χ0v) is 24.5. The van der Waals surface area contributed by atoms with E-state index in [2.05, 4.69) is 0 Å². The van der Waals surface area contributed by atoms with Gasteiger partial charge in [0, 0.05) is 6.42 Å². The normalized spacial score (nSPS) is 25.2. The molecule has 1 aliphatic carbocycles. The summed E-state index contributed by atoms with van der Waals surface area (Å²) in [5.74, 6) is 0. The molecule has 5 aromatic rings. The van der Waals surface area contributed by atoms with Crippen molar-refractivity contribution in [2.45, 2.75) is 62.4 Å². The summed E-state index contributed by atoms with van der Waals surface area (Å²) >= 11 is 0. The molecular formula is C38H38O6. The predicted octanol–water partition coefficient (Wildman–Crippen LogP) is 5.61. The average Bonchev–Trinajstić information content (AvgIpc) is 3.07. The molecule has 0 saturated heterocycles. The van der Waals surface area contributed by atoms with Gasteiger partial charge in [0.15, 0.2) is 0 Å². The third-order valence-electron chi connectivity index (χ3n) is 8.43. The van der Waals surface area contributed by atoms with E-state index in [0.717, 1.165) is 33.0 Å². The third-order valence-corrected chi connectivity index (χ3v) is 8.43. The maximum atomic E-state index is 12.6. The van der Waals surface area contributed by atoms with E-state index in [1.165, 1.54) is 0 Å². The highest BCUT2D eigenvalue weighted by Crippen LogP contribution is 2.39. The summed E-state index contributed by atoms with van der Waals surface area (Å²) in [4.78, 5) is 0. The monoisotopic (exact) mass is 590 g/mol. The number of aliphatic hydroxyl groups excluding tert-OH is 2. The molecule has 0 aliphatic heterocycles. The Morgan fingerprint density at radius 1 is 0.500 bits per heavy atom. The van der Waals surface area contributed by atoms with Crippen LogP contribution in [-0.4, -0.2) is 51.4 Å². The Balaban J connectivity index is 1.36. The smallest absolute Gasteiger partial charge is 0.126 e. The quantitative estimate of drug-likeness (QED) is 0.186. The van der Waals surface area contributed by atoms with Crippen LogP contribution >= 0.6 is 0 Å². The minimum absolute atomic E-state index is 0.0571. The van der Waals surface area contributed by atoms with Crippen LogP contribution in [0.15, 0.2) is 133 Å². The fraction of sp³-hybridized carbons (Fsp3) is 0.263. The van der Waals surface area contributed by atoms with E-state index >= 15 is 0 Å². The molecular weight excluding hydrogens is 552 g/mol. The zero-order valence-electron chi connectivity index (χ0n) is 24.5. The van der Waals surface area contributed by atoms with Crippen molar-refractivity contribution in [1.82, 2.24) is 0 Å². The number of aliphatic hydroxyl groups is 3. The minimum Gasteiger partial charge on any atom is -0.387 e. The highest BCUT2D eigenvalue weighted by Gasteiger charge is 2.60. The van der Waals surface area contributed by atoms with Crippen LogP contribution in [0.4, 0.5) is 0 Å². The van der Waals surface area contributed by atoms with Gasteiger partial charge in [0.2, 0.25) is 0 Å². The maximum Gasteiger partial charge on any atom is 0.126 e. The van der Waals surface area contributed by atoms with E-state index in [1.54, 1.807) is 0 Å². The molecule has 1 saturated carbocycles. The molecule has 1 fully saturated rings. The van der Waals surface area contributed by atoms with E-state index in [4.69, 9.17) is 14.2 Å². The lowest BCUT2D eigenvalue weighted by atomic mass is 9.71. The molecule has 6 nitrogen and oxygen atoms in total. The topological polar surface area (TPSA) is 88.4 Å². The highest BCUT2D eigenvalue weighted by molar-refractivity contribution is 5.83. The highest BCUT2D eigenvalue weighted by atomic mass is 16.6. The first kappa shape index (κ1) is 30.2. The van der Waals surface area contributed by atoms with E-state index in [1.807, 2.05) is 133 Å². The first-order valence-corrected chi connectivity index (χ1v) is 15.0. The summed E-state index contributed by atoms with van der Waals surface area (Å²) in [5.41, 5.74) is 1.65. The van der Waals surface area contributed by atoms with Crippen LogP contribution in [0.2, 0.25) is 0 Å². The van der Waals surface area contributed by atoms with E-state index in [9.17, 15) is 15.3 Å². The second-order valence-electron chi connectivity index (χ2n) is 11.5. The maximum absolute atomic E-state index is 12.6. The van der Waals surface area contributed by atoms with Gasteiger partial charge in [-0.2, -0.15) is 0 Å². The Hall–Kier alpha value is -3.88. The first-order chi connectivity index (χ1) is 21.5. The Morgan fingerprint density at radius 3 is 1.55 bits per heavy atom. The van der Waals surface area contributed by atoms with Gasteiger partial charge in [0.25, 0.3) is 0 Å². The van der Waals surface area contributed by atoms with Crippen LogP contribution in [0.1, 0.15) is 22.3 Å². The molecule has 1 aliphatic rings. The summed E-state index contributed by atoms with van der Waals surface area (Å²) in [7, 11) is 0. The second kappa shape index (κ2) is 13.8. The summed E-state index contributed by atoms with van der Waals surface area (Å²) in [6, 6.07) is 42.8. The van der Waals surface area contributed by atoms with E-state index in [-0.39, 0.29) is 26.2 Å². The van der Waals surface area contributed by atoms with Gasteiger partial charge in [-0.25, -0.2) is 0 Å². The number of rotatable bonds is 11. The van der Waals surface area contributed by atoms with Crippen LogP contribution in [0.5, 0.6) is 0 Å².